The summed E-state index contributed by atoms with van der Waals surface area (Å²) in [6.07, 6.45) is 2.17. The molecule has 0 spiro atoms. The summed E-state index contributed by atoms with van der Waals surface area (Å²) in [6, 6.07) is 8.02. The molecular formula is C15H15Cl2FN2. The SMILES string of the molecule is CCNC(Cc1cc(F)ccc1Cl)c1ccc(Cl)cn1. The Labute approximate surface area is 127 Å². The van der Waals surface area contributed by atoms with Gasteiger partial charge in [0.1, 0.15) is 5.82 Å². The number of pyridine rings is 1. The number of aromatic nitrogens is 1. The van der Waals surface area contributed by atoms with E-state index >= 15 is 0 Å². The Morgan fingerprint density at radius 2 is 2.05 bits per heavy atom. The third-order valence-electron chi connectivity index (χ3n) is 2.99. The molecule has 1 aromatic heterocycles. The molecule has 0 aliphatic rings. The smallest absolute Gasteiger partial charge is 0.123 e. The van der Waals surface area contributed by atoms with Gasteiger partial charge in [-0.15, -0.1) is 0 Å². The molecule has 0 amide bonds. The van der Waals surface area contributed by atoms with Gasteiger partial charge in [-0.2, -0.15) is 0 Å². The average Bonchev–Trinajstić information content (AvgIpc) is 2.43. The van der Waals surface area contributed by atoms with E-state index in [1.807, 2.05) is 13.0 Å². The molecule has 0 saturated carbocycles. The molecule has 1 N–H and O–H groups in total. The van der Waals surface area contributed by atoms with Crippen molar-refractivity contribution in [2.75, 3.05) is 6.54 Å². The van der Waals surface area contributed by atoms with Crippen molar-refractivity contribution in [3.05, 3.63) is 63.6 Å². The molecule has 0 aliphatic carbocycles. The second kappa shape index (κ2) is 7.02. The average molecular weight is 313 g/mol. The van der Waals surface area contributed by atoms with E-state index in [1.54, 1.807) is 18.3 Å². The second-order valence-electron chi connectivity index (χ2n) is 4.45. The Kier molecular flexibility index (Phi) is 5.35. The summed E-state index contributed by atoms with van der Waals surface area (Å²) in [5.74, 6) is -0.288. The van der Waals surface area contributed by atoms with Gasteiger partial charge in [-0.05, 0) is 48.9 Å². The van der Waals surface area contributed by atoms with E-state index in [0.29, 0.717) is 16.5 Å². The summed E-state index contributed by atoms with van der Waals surface area (Å²) < 4.78 is 13.3. The molecule has 0 bridgehead atoms. The number of nitrogens with one attached hydrogen (secondary N) is 1. The summed E-state index contributed by atoms with van der Waals surface area (Å²) in [7, 11) is 0. The van der Waals surface area contributed by atoms with Crippen LogP contribution in [0.3, 0.4) is 0 Å². The van der Waals surface area contributed by atoms with Gasteiger partial charge in [0.15, 0.2) is 0 Å². The molecule has 0 fully saturated rings. The van der Waals surface area contributed by atoms with Crippen molar-refractivity contribution >= 4 is 23.2 Å². The first-order valence-electron chi connectivity index (χ1n) is 6.39. The van der Waals surface area contributed by atoms with Crippen LogP contribution in [-0.2, 0) is 6.42 Å². The number of rotatable bonds is 5. The van der Waals surface area contributed by atoms with Crippen LogP contribution in [0.5, 0.6) is 0 Å². The Morgan fingerprint density at radius 3 is 2.70 bits per heavy atom. The van der Waals surface area contributed by atoms with Gasteiger partial charge in [0.2, 0.25) is 0 Å². The van der Waals surface area contributed by atoms with Crippen LogP contribution in [0, 0.1) is 5.82 Å². The molecule has 0 radical (unpaired) electrons. The van der Waals surface area contributed by atoms with Crippen molar-refractivity contribution < 1.29 is 4.39 Å². The van der Waals surface area contributed by atoms with E-state index in [9.17, 15) is 4.39 Å². The zero-order chi connectivity index (χ0) is 14.5. The van der Waals surface area contributed by atoms with Crippen molar-refractivity contribution in [1.29, 1.82) is 0 Å². The minimum absolute atomic E-state index is 0.0310. The summed E-state index contributed by atoms with van der Waals surface area (Å²) >= 11 is 12.0. The Hall–Kier alpha value is -1.16. The number of benzene rings is 1. The number of likely N-dealkylation sites (N-methyl/N-ethyl adjacent to an activating group) is 1. The standard InChI is InChI=1S/C15H15Cl2FN2/c1-2-19-15(14-6-3-11(16)9-20-14)8-10-7-12(18)4-5-13(10)17/h3-7,9,15,19H,2,8H2,1H3. The first-order chi connectivity index (χ1) is 9.60. The van der Waals surface area contributed by atoms with Gasteiger partial charge < -0.3 is 5.32 Å². The Morgan fingerprint density at radius 1 is 1.25 bits per heavy atom. The molecule has 2 nitrogen and oxygen atoms in total. The van der Waals surface area contributed by atoms with Gasteiger partial charge in [0.25, 0.3) is 0 Å². The first kappa shape index (κ1) is 15.2. The fourth-order valence-electron chi connectivity index (χ4n) is 2.04. The van der Waals surface area contributed by atoms with E-state index in [2.05, 4.69) is 10.3 Å². The molecule has 20 heavy (non-hydrogen) atoms. The normalized spacial score (nSPS) is 12.4. The molecule has 106 valence electrons. The quantitative estimate of drug-likeness (QED) is 0.884. The maximum absolute atomic E-state index is 13.3. The molecule has 1 heterocycles. The highest BCUT2D eigenvalue weighted by molar-refractivity contribution is 6.31. The molecule has 1 aromatic carbocycles. The molecule has 2 aromatic rings. The molecular weight excluding hydrogens is 298 g/mol. The number of halogens is 3. The van der Waals surface area contributed by atoms with Crippen LogP contribution in [0.4, 0.5) is 4.39 Å². The molecule has 5 heteroatoms. The largest absolute Gasteiger partial charge is 0.309 e. The van der Waals surface area contributed by atoms with E-state index in [4.69, 9.17) is 23.2 Å². The highest BCUT2D eigenvalue weighted by Crippen LogP contribution is 2.24. The Bertz CT molecular complexity index is 573. The van der Waals surface area contributed by atoms with Crippen LogP contribution >= 0.6 is 23.2 Å². The molecule has 1 unspecified atom stereocenters. The summed E-state index contributed by atoms with van der Waals surface area (Å²) in [5, 5.41) is 4.48. The van der Waals surface area contributed by atoms with Crippen molar-refractivity contribution in [1.82, 2.24) is 10.3 Å². The molecule has 0 aliphatic heterocycles. The van der Waals surface area contributed by atoms with Crippen LogP contribution in [0.25, 0.3) is 0 Å². The zero-order valence-electron chi connectivity index (χ0n) is 11.0. The van der Waals surface area contributed by atoms with Crippen LogP contribution < -0.4 is 5.32 Å². The number of hydrogen-bond acceptors (Lipinski definition) is 2. The van der Waals surface area contributed by atoms with Gasteiger partial charge in [-0.3, -0.25) is 4.98 Å². The summed E-state index contributed by atoms with van der Waals surface area (Å²) in [4.78, 5) is 4.31. The second-order valence-corrected chi connectivity index (χ2v) is 5.30. The van der Waals surface area contributed by atoms with Crippen LogP contribution in [0.2, 0.25) is 10.0 Å². The maximum atomic E-state index is 13.3. The van der Waals surface area contributed by atoms with E-state index in [0.717, 1.165) is 17.8 Å². The monoisotopic (exact) mass is 312 g/mol. The molecule has 2 rings (SSSR count). The van der Waals surface area contributed by atoms with E-state index < -0.39 is 0 Å². The Balaban J connectivity index is 2.25. The lowest BCUT2D eigenvalue weighted by Gasteiger charge is -2.18. The molecule has 1 atom stereocenters. The fourth-order valence-corrected chi connectivity index (χ4v) is 2.35. The van der Waals surface area contributed by atoms with Gasteiger partial charge in [-0.25, -0.2) is 4.39 Å². The summed E-state index contributed by atoms with van der Waals surface area (Å²) in [5.41, 5.74) is 1.62. The van der Waals surface area contributed by atoms with Crippen LogP contribution in [0.15, 0.2) is 36.5 Å². The third kappa shape index (κ3) is 3.92. The fraction of sp³-hybridized carbons (Fsp3) is 0.267. The highest BCUT2D eigenvalue weighted by Gasteiger charge is 2.15. The maximum Gasteiger partial charge on any atom is 0.123 e. The van der Waals surface area contributed by atoms with Crippen molar-refractivity contribution in [2.24, 2.45) is 0 Å². The van der Waals surface area contributed by atoms with Gasteiger partial charge in [0, 0.05) is 11.2 Å². The predicted molar refractivity (Wildman–Crippen MR) is 80.8 cm³/mol. The zero-order valence-corrected chi connectivity index (χ0v) is 12.5. The minimum atomic E-state index is -0.288. The van der Waals surface area contributed by atoms with Crippen LogP contribution in [-0.4, -0.2) is 11.5 Å². The van der Waals surface area contributed by atoms with Crippen LogP contribution in [0.1, 0.15) is 24.2 Å². The topological polar surface area (TPSA) is 24.9 Å². The lowest BCUT2D eigenvalue weighted by molar-refractivity contribution is 0.534. The van der Waals surface area contributed by atoms with Crippen molar-refractivity contribution in [3.63, 3.8) is 0 Å². The number of nitrogens with zero attached hydrogens (tertiary/aromatic N) is 1. The highest BCUT2D eigenvalue weighted by atomic mass is 35.5. The minimum Gasteiger partial charge on any atom is -0.309 e. The molecule has 0 saturated heterocycles. The first-order valence-corrected chi connectivity index (χ1v) is 7.14. The lowest BCUT2D eigenvalue weighted by atomic mass is 10.0. The van der Waals surface area contributed by atoms with E-state index in [-0.39, 0.29) is 11.9 Å². The van der Waals surface area contributed by atoms with E-state index in [1.165, 1.54) is 12.1 Å². The van der Waals surface area contributed by atoms with Crippen molar-refractivity contribution in [2.45, 2.75) is 19.4 Å². The lowest BCUT2D eigenvalue weighted by Crippen LogP contribution is -2.24. The van der Waals surface area contributed by atoms with Gasteiger partial charge >= 0.3 is 0 Å². The number of hydrogen-bond donors (Lipinski definition) is 1. The predicted octanol–water partition coefficient (Wildman–Crippen LogP) is 4.42. The van der Waals surface area contributed by atoms with Crippen molar-refractivity contribution in [3.8, 4) is 0 Å². The summed E-state index contributed by atoms with van der Waals surface area (Å²) in [6.45, 7) is 2.79. The van der Waals surface area contributed by atoms with Gasteiger partial charge in [-0.1, -0.05) is 30.1 Å². The van der Waals surface area contributed by atoms with Gasteiger partial charge in [0.05, 0.1) is 16.8 Å². The third-order valence-corrected chi connectivity index (χ3v) is 3.58.